The van der Waals surface area contributed by atoms with Crippen LogP contribution in [0.15, 0.2) is 77.7 Å². The molecule has 0 aromatic heterocycles. The third-order valence-electron chi connectivity index (χ3n) is 6.47. The number of nitrogens with one attached hydrogen (secondary N) is 1. The number of rotatable bonds is 14. The van der Waals surface area contributed by atoms with E-state index in [4.69, 9.17) is 21.1 Å². The SMILES string of the molecule is CCCNC(=O)[C@@H](CC)N(Cc1ccccc1)C(=O)CN(c1ccc(Cl)cc1)S(=O)(=O)c1ccc(OC)c(OC)c1. The van der Waals surface area contributed by atoms with E-state index in [2.05, 4.69) is 5.32 Å². The van der Waals surface area contributed by atoms with E-state index in [9.17, 15) is 18.0 Å². The van der Waals surface area contributed by atoms with Gasteiger partial charge in [-0.3, -0.25) is 13.9 Å². The first-order valence-corrected chi connectivity index (χ1v) is 15.1. The molecule has 0 bridgehead atoms. The zero-order chi connectivity index (χ0) is 30.0. The second-order valence-corrected chi connectivity index (χ2v) is 11.5. The lowest BCUT2D eigenvalue weighted by atomic mass is 10.1. The minimum atomic E-state index is -4.29. The highest BCUT2D eigenvalue weighted by Crippen LogP contribution is 2.32. The average molecular weight is 602 g/mol. The van der Waals surface area contributed by atoms with E-state index in [1.165, 1.54) is 49.5 Å². The topological polar surface area (TPSA) is 105 Å². The molecule has 3 aromatic rings. The quantitative estimate of drug-likeness (QED) is 0.282. The molecule has 0 spiro atoms. The molecule has 2 amide bonds. The van der Waals surface area contributed by atoms with Crippen LogP contribution in [0.4, 0.5) is 5.69 Å². The number of nitrogens with zero attached hydrogens (tertiary/aromatic N) is 2. The molecule has 1 N–H and O–H groups in total. The maximum Gasteiger partial charge on any atom is 0.264 e. The number of anilines is 1. The van der Waals surface area contributed by atoms with Gasteiger partial charge in [0, 0.05) is 24.2 Å². The standard InChI is InChI=1S/C30H36ClN3O6S/c1-5-18-32-30(36)26(6-2)33(20-22-10-8-7-9-11-22)29(35)21-34(24-14-12-23(31)13-15-24)41(37,38)25-16-17-27(39-3)28(19-25)40-4/h7-17,19,26H,5-6,18,20-21H2,1-4H3,(H,32,36)/t26-/m1/s1. The maximum absolute atomic E-state index is 14.1. The zero-order valence-electron chi connectivity index (χ0n) is 23.7. The number of hydrogen-bond acceptors (Lipinski definition) is 6. The molecule has 0 saturated carbocycles. The van der Waals surface area contributed by atoms with Crippen molar-refractivity contribution in [2.75, 3.05) is 31.6 Å². The molecule has 0 aliphatic carbocycles. The number of halogens is 1. The minimum absolute atomic E-state index is 0.0970. The summed E-state index contributed by atoms with van der Waals surface area (Å²) in [7, 11) is -1.43. The number of sulfonamides is 1. The Balaban J connectivity index is 2.07. The fraction of sp³-hybridized carbons (Fsp3) is 0.333. The van der Waals surface area contributed by atoms with Crippen molar-refractivity contribution in [2.24, 2.45) is 0 Å². The number of benzene rings is 3. The summed E-state index contributed by atoms with van der Waals surface area (Å²) < 4.78 is 39.7. The van der Waals surface area contributed by atoms with E-state index in [0.29, 0.717) is 23.7 Å². The highest BCUT2D eigenvalue weighted by molar-refractivity contribution is 7.92. The fourth-order valence-electron chi connectivity index (χ4n) is 4.31. The van der Waals surface area contributed by atoms with Crippen molar-refractivity contribution < 1.29 is 27.5 Å². The van der Waals surface area contributed by atoms with Crippen LogP contribution in [0.3, 0.4) is 0 Å². The lowest BCUT2D eigenvalue weighted by molar-refractivity contribution is -0.140. The van der Waals surface area contributed by atoms with Crippen molar-refractivity contribution in [1.82, 2.24) is 10.2 Å². The van der Waals surface area contributed by atoms with Gasteiger partial charge in [0.05, 0.1) is 24.8 Å². The van der Waals surface area contributed by atoms with Crippen LogP contribution < -0.4 is 19.1 Å². The molecule has 0 aliphatic heterocycles. The van der Waals surface area contributed by atoms with Gasteiger partial charge in [-0.25, -0.2) is 8.42 Å². The number of methoxy groups -OCH3 is 2. The Bertz CT molecular complexity index is 1420. The second kappa shape index (κ2) is 14.7. The molecular weight excluding hydrogens is 566 g/mol. The van der Waals surface area contributed by atoms with Gasteiger partial charge in [0.1, 0.15) is 12.6 Å². The van der Waals surface area contributed by atoms with Crippen LogP contribution in [0.1, 0.15) is 32.3 Å². The first kappa shape index (κ1) is 31.8. The largest absolute Gasteiger partial charge is 0.493 e. The summed E-state index contributed by atoms with van der Waals surface area (Å²) in [4.78, 5) is 28.5. The number of amides is 2. The molecule has 0 fully saturated rings. The van der Waals surface area contributed by atoms with E-state index in [-0.39, 0.29) is 28.8 Å². The first-order valence-electron chi connectivity index (χ1n) is 13.3. The van der Waals surface area contributed by atoms with Crippen LogP contribution in [0, 0.1) is 0 Å². The van der Waals surface area contributed by atoms with Crippen molar-refractivity contribution in [3.05, 3.63) is 83.4 Å². The Morgan fingerprint density at radius 2 is 1.59 bits per heavy atom. The molecule has 1 atom stereocenters. The Labute approximate surface area is 247 Å². The van der Waals surface area contributed by atoms with Gasteiger partial charge in [0.15, 0.2) is 11.5 Å². The molecule has 11 heteroatoms. The molecule has 0 unspecified atom stereocenters. The van der Waals surface area contributed by atoms with Crippen molar-refractivity contribution in [2.45, 2.75) is 44.2 Å². The molecule has 41 heavy (non-hydrogen) atoms. The molecule has 3 aromatic carbocycles. The van der Waals surface area contributed by atoms with Crippen LogP contribution in [0.5, 0.6) is 11.5 Å². The fourth-order valence-corrected chi connectivity index (χ4v) is 5.86. The van der Waals surface area contributed by atoms with Gasteiger partial charge in [0.2, 0.25) is 11.8 Å². The van der Waals surface area contributed by atoms with Crippen molar-refractivity contribution in [3.63, 3.8) is 0 Å². The van der Waals surface area contributed by atoms with E-state index in [1.807, 2.05) is 44.2 Å². The molecular formula is C30H36ClN3O6S. The molecule has 220 valence electrons. The van der Waals surface area contributed by atoms with Gasteiger partial charge >= 0.3 is 0 Å². The van der Waals surface area contributed by atoms with Gasteiger partial charge in [0.25, 0.3) is 10.0 Å². The molecule has 0 radical (unpaired) electrons. The van der Waals surface area contributed by atoms with Crippen molar-refractivity contribution in [1.29, 1.82) is 0 Å². The number of carbonyl (C=O) groups excluding carboxylic acids is 2. The molecule has 3 rings (SSSR count). The monoisotopic (exact) mass is 601 g/mol. The third kappa shape index (κ3) is 7.92. The molecule has 0 aliphatic rings. The summed E-state index contributed by atoms with van der Waals surface area (Å²) in [6.07, 6.45) is 1.08. The van der Waals surface area contributed by atoms with E-state index >= 15 is 0 Å². The van der Waals surface area contributed by atoms with Crippen molar-refractivity contribution in [3.8, 4) is 11.5 Å². The minimum Gasteiger partial charge on any atom is -0.493 e. The number of hydrogen-bond donors (Lipinski definition) is 1. The molecule has 9 nitrogen and oxygen atoms in total. The Morgan fingerprint density at radius 3 is 2.17 bits per heavy atom. The summed E-state index contributed by atoms with van der Waals surface area (Å²) in [6.45, 7) is 3.80. The Kier molecular flexibility index (Phi) is 11.4. The van der Waals surface area contributed by atoms with Gasteiger partial charge in [-0.2, -0.15) is 0 Å². The van der Waals surface area contributed by atoms with Crippen LogP contribution >= 0.6 is 11.6 Å². The van der Waals surface area contributed by atoms with E-state index < -0.39 is 28.5 Å². The summed E-state index contributed by atoms with van der Waals surface area (Å²) in [5.74, 6) is -0.246. The second-order valence-electron chi connectivity index (χ2n) is 9.23. The molecule has 0 saturated heterocycles. The van der Waals surface area contributed by atoms with Crippen molar-refractivity contribution >= 4 is 39.1 Å². The Hall–Kier alpha value is -3.76. The average Bonchev–Trinajstić information content (AvgIpc) is 2.99. The smallest absolute Gasteiger partial charge is 0.264 e. The van der Waals surface area contributed by atoms with Gasteiger partial charge in [-0.15, -0.1) is 0 Å². The van der Waals surface area contributed by atoms with Crippen LogP contribution in [0.25, 0.3) is 0 Å². The van der Waals surface area contributed by atoms with Gasteiger partial charge in [-0.05, 0) is 54.8 Å². The maximum atomic E-state index is 14.1. The summed E-state index contributed by atoms with van der Waals surface area (Å²) in [5, 5.41) is 3.28. The third-order valence-corrected chi connectivity index (χ3v) is 8.49. The summed E-state index contributed by atoms with van der Waals surface area (Å²) in [5.41, 5.74) is 1.05. The highest BCUT2D eigenvalue weighted by atomic mass is 35.5. The van der Waals surface area contributed by atoms with E-state index in [1.54, 1.807) is 12.1 Å². The van der Waals surface area contributed by atoms with Gasteiger partial charge in [-0.1, -0.05) is 55.8 Å². The zero-order valence-corrected chi connectivity index (χ0v) is 25.2. The van der Waals surface area contributed by atoms with E-state index in [0.717, 1.165) is 16.3 Å². The lowest BCUT2D eigenvalue weighted by Gasteiger charge is -2.33. The van der Waals surface area contributed by atoms with Gasteiger partial charge < -0.3 is 19.7 Å². The number of carbonyl (C=O) groups is 2. The summed E-state index contributed by atoms with van der Waals surface area (Å²) >= 11 is 6.09. The van der Waals surface area contributed by atoms with Crippen LogP contribution in [-0.2, 0) is 26.2 Å². The van der Waals surface area contributed by atoms with Crippen LogP contribution in [0.2, 0.25) is 5.02 Å². The highest BCUT2D eigenvalue weighted by Gasteiger charge is 2.34. The Morgan fingerprint density at radius 1 is 0.927 bits per heavy atom. The predicted octanol–water partition coefficient (Wildman–Crippen LogP) is 4.89. The lowest BCUT2D eigenvalue weighted by Crippen LogP contribution is -2.52. The van der Waals surface area contributed by atoms with Crippen LogP contribution in [-0.4, -0.2) is 58.5 Å². The first-order chi connectivity index (χ1) is 19.7. The summed E-state index contributed by atoms with van der Waals surface area (Å²) in [6, 6.07) is 18.8. The number of ether oxygens (including phenoxy) is 2. The normalized spacial score (nSPS) is 11.8. The molecule has 0 heterocycles. The predicted molar refractivity (Wildman–Crippen MR) is 160 cm³/mol.